The van der Waals surface area contributed by atoms with E-state index >= 15 is 0 Å². The Morgan fingerprint density at radius 2 is 0.972 bits per heavy atom. The number of fused-ring (bicyclic) bond motifs is 10. The number of ether oxygens (including phenoxy) is 2. The molecule has 398 valence electrons. The highest BCUT2D eigenvalue weighted by Crippen LogP contribution is 2.71. The van der Waals surface area contributed by atoms with Crippen LogP contribution >= 0.6 is 23.5 Å². The van der Waals surface area contributed by atoms with E-state index in [1.165, 1.54) is 140 Å². The lowest BCUT2D eigenvalue weighted by molar-refractivity contribution is -0.190. The summed E-state index contributed by atoms with van der Waals surface area (Å²) in [6.07, 6.45) is 32.0. The molecular weight excluding hydrogens is 933 g/mol. The molecule has 2 saturated heterocycles. The number of hydrogen-bond acceptors (Lipinski definition) is 10. The lowest BCUT2D eigenvalue weighted by Gasteiger charge is -2.62. The average molecular weight is 1030 g/mol. The Morgan fingerprint density at radius 1 is 0.556 bits per heavy atom. The van der Waals surface area contributed by atoms with Crippen molar-refractivity contribution >= 4 is 35.5 Å². The van der Waals surface area contributed by atoms with Crippen molar-refractivity contribution in [3.8, 4) is 0 Å². The first-order valence-corrected chi connectivity index (χ1v) is 32.3. The van der Waals surface area contributed by atoms with Gasteiger partial charge in [0.25, 0.3) is 0 Å². The maximum Gasteiger partial charge on any atom is 0.417 e. The normalized spacial score (nSPS) is 44.8. The zero-order chi connectivity index (χ0) is 49.2. The molecule has 0 bridgehead atoms. The van der Waals surface area contributed by atoms with E-state index in [0.717, 1.165) is 85.5 Å². The molecule has 10 aliphatic rings. The molecule has 18 atom stereocenters. The van der Waals surface area contributed by atoms with E-state index in [1.807, 2.05) is 25.1 Å². The summed E-state index contributed by atoms with van der Waals surface area (Å²) in [5, 5.41) is 0. The Morgan fingerprint density at radius 3 is 1.38 bits per heavy atom. The van der Waals surface area contributed by atoms with Gasteiger partial charge in [0.15, 0.2) is 0 Å². The number of carbonyl (C=O) groups is 2. The smallest absolute Gasteiger partial charge is 0.417 e. The zero-order valence-corrected chi connectivity index (χ0v) is 46.6. The first kappa shape index (κ1) is 50.9. The second-order valence-electron chi connectivity index (χ2n) is 27.3. The molecule has 10 fully saturated rings. The summed E-state index contributed by atoms with van der Waals surface area (Å²) in [5.74, 6) is 10.0. The largest absolute Gasteiger partial charge is 0.472 e. The average Bonchev–Trinajstić information content (AvgIpc) is 4.24. The van der Waals surface area contributed by atoms with Gasteiger partial charge in [0.05, 0.1) is 25.1 Å². The van der Waals surface area contributed by atoms with Crippen LogP contribution in [0.3, 0.4) is 0 Å². The summed E-state index contributed by atoms with van der Waals surface area (Å²) in [4.78, 5) is 34.2. The van der Waals surface area contributed by atoms with E-state index in [9.17, 15) is 9.59 Å². The fourth-order valence-electron chi connectivity index (χ4n) is 20.7. The third-order valence-corrected chi connectivity index (χ3v) is 26.6. The SMILES string of the molecule is C[C@]12CC(CSCCN3CCCC3)C(OC(=O)C(=O)OC3CC4CC[C@@H]5[C@@H](CC[C@]6(C)C(c7ccoc7)CC[C@@H]56)[C@@]4(C)CC3CSCCN3CCCC3)CC1CC[C@@H]1[C@H]2CC[C@]2(C)C(c3ccoc3)CC[C@@H]12. The molecule has 2 aromatic rings. The second-order valence-corrected chi connectivity index (χ2v) is 29.6. The van der Waals surface area contributed by atoms with Crippen LogP contribution in [-0.2, 0) is 19.1 Å². The summed E-state index contributed by atoms with van der Waals surface area (Å²) < 4.78 is 24.5. The molecule has 0 aromatic carbocycles. The minimum Gasteiger partial charge on any atom is -0.472 e. The van der Waals surface area contributed by atoms with Crippen molar-refractivity contribution in [1.29, 1.82) is 0 Å². The van der Waals surface area contributed by atoms with Gasteiger partial charge < -0.3 is 28.1 Å². The zero-order valence-electron chi connectivity index (χ0n) is 44.9. The molecule has 0 radical (unpaired) electrons. The van der Waals surface area contributed by atoms with Crippen LogP contribution in [0.4, 0.5) is 0 Å². The van der Waals surface area contributed by atoms with Crippen molar-refractivity contribution in [2.45, 2.75) is 180 Å². The number of thioether (sulfide) groups is 2. The number of carbonyl (C=O) groups excluding carboxylic acids is 2. The van der Waals surface area contributed by atoms with Gasteiger partial charge in [0, 0.05) is 36.4 Å². The van der Waals surface area contributed by atoms with Gasteiger partial charge in [-0.2, -0.15) is 23.5 Å². The lowest BCUT2D eigenvalue weighted by atomic mass is 9.43. The molecule has 4 heterocycles. The third kappa shape index (κ3) is 9.25. The minimum absolute atomic E-state index is 0.227. The number of furan rings is 2. The van der Waals surface area contributed by atoms with Crippen molar-refractivity contribution in [2.24, 2.45) is 80.8 Å². The maximum absolute atomic E-state index is 14.5. The second kappa shape index (κ2) is 20.8. The Labute approximate surface area is 442 Å². The molecule has 2 aliphatic heterocycles. The molecule has 8 nitrogen and oxygen atoms in total. The molecule has 72 heavy (non-hydrogen) atoms. The molecule has 0 spiro atoms. The van der Waals surface area contributed by atoms with Crippen LogP contribution in [0.25, 0.3) is 0 Å². The van der Waals surface area contributed by atoms with Crippen molar-refractivity contribution in [3.63, 3.8) is 0 Å². The Balaban J connectivity index is 0.732. The summed E-state index contributed by atoms with van der Waals surface area (Å²) in [6.45, 7) is 17.7. The fourth-order valence-corrected chi connectivity index (χ4v) is 23.1. The Kier molecular flexibility index (Phi) is 14.7. The van der Waals surface area contributed by atoms with Gasteiger partial charge in [-0.1, -0.05) is 27.7 Å². The number of esters is 2. The highest BCUT2D eigenvalue weighted by Gasteiger charge is 2.64. The van der Waals surface area contributed by atoms with Crippen LogP contribution < -0.4 is 0 Å². The molecule has 8 unspecified atom stereocenters. The molecule has 12 rings (SSSR count). The molecule has 0 N–H and O–H groups in total. The van der Waals surface area contributed by atoms with Gasteiger partial charge in [-0.05, 0) is 270 Å². The van der Waals surface area contributed by atoms with Crippen LogP contribution in [0.15, 0.2) is 46.0 Å². The quantitative estimate of drug-likeness (QED) is 0.104. The van der Waals surface area contributed by atoms with Gasteiger partial charge in [-0.15, -0.1) is 0 Å². The number of rotatable bonds is 14. The first-order chi connectivity index (χ1) is 34.9. The number of nitrogens with zero attached hydrogens (tertiary/aromatic N) is 2. The van der Waals surface area contributed by atoms with E-state index in [-0.39, 0.29) is 34.9 Å². The van der Waals surface area contributed by atoms with Crippen molar-refractivity contribution in [2.75, 3.05) is 62.3 Å². The van der Waals surface area contributed by atoms with Gasteiger partial charge >= 0.3 is 11.9 Å². The standard InChI is InChI=1S/C62H92N2O6S2/c1-59-21-17-53-47(51(59)15-13-49(59)41-19-29-67-37-41)11-9-45-33-55(43(35-61(45,53)3)39-71-31-27-63-23-5-6-24-63)69-57(65)58(66)70-56-34-46-10-12-48-52-16-14-50(42-20-30-68-38-42)60(52,2)22-18-54(48)62(46,4)36-44(56)40-72-32-28-64-25-7-8-26-64/h19-20,29-30,37-38,43-56H,5-18,21-28,31-36,39-40H2,1-4H3/t43?,44?,45?,46?,47-,48-,49?,50?,51-,52-,53+,54+,55?,56?,59+,60+,61-,62-/m0/s1. The predicted octanol–water partition coefficient (Wildman–Crippen LogP) is 13.8. The molecule has 2 aromatic heterocycles. The van der Waals surface area contributed by atoms with E-state index in [1.54, 1.807) is 0 Å². The Hall–Kier alpha value is -1.88. The van der Waals surface area contributed by atoms with Crippen LogP contribution in [0.2, 0.25) is 0 Å². The van der Waals surface area contributed by atoms with Crippen LogP contribution in [-0.4, -0.2) is 96.2 Å². The summed E-state index contributed by atoms with van der Waals surface area (Å²) in [6, 6.07) is 4.46. The van der Waals surface area contributed by atoms with Gasteiger partial charge in [-0.25, -0.2) is 9.59 Å². The van der Waals surface area contributed by atoms with E-state index < -0.39 is 11.9 Å². The fraction of sp³-hybridized carbons (Fsp3) is 0.839. The topological polar surface area (TPSA) is 85.4 Å². The predicted molar refractivity (Wildman–Crippen MR) is 290 cm³/mol. The molecular formula is C62H92N2O6S2. The highest BCUT2D eigenvalue weighted by molar-refractivity contribution is 7.99. The maximum atomic E-state index is 14.5. The summed E-state index contributed by atoms with van der Waals surface area (Å²) in [7, 11) is 0. The molecule has 8 saturated carbocycles. The number of hydrogen-bond donors (Lipinski definition) is 0. The van der Waals surface area contributed by atoms with Crippen molar-refractivity contribution in [3.05, 3.63) is 48.3 Å². The summed E-state index contributed by atoms with van der Waals surface area (Å²) in [5.41, 5.74) is 3.96. The van der Waals surface area contributed by atoms with Crippen molar-refractivity contribution < 1.29 is 27.9 Å². The minimum atomic E-state index is -0.716. The van der Waals surface area contributed by atoms with Gasteiger partial charge in [0.2, 0.25) is 0 Å². The summed E-state index contributed by atoms with van der Waals surface area (Å²) >= 11 is 4.14. The highest BCUT2D eigenvalue weighted by atomic mass is 32.2. The first-order valence-electron chi connectivity index (χ1n) is 30.0. The lowest BCUT2D eigenvalue weighted by Crippen LogP contribution is -2.56. The van der Waals surface area contributed by atoms with E-state index in [0.29, 0.717) is 46.3 Å². The monoisotopic (exact) mass is 1020 g/mol. The van der Waals surface area contributed by atoms with Crippen molar-refractivity contribution in [1.82, 2.24) is 9.80 Å². The van der Waals surface area contributed by atoms with Crippen LogP contribution in [0, 0.1) is 80.8 Å². The van der Waals surface area contributed by atoms with Gasteiger partial charge in [0.1, 0.15) is 12.2 Å². The molecule has 10 heteroatoms. The van der Waals surface area contributed by atoms with Crippen LogP contribution in [0.5, 0.6) is 0 Å². The van der Waals surface area contributed by atoms with Gasteiger partial charge in [-0.3, -0.25) is 0 Å². The Bertz CT molecular complexity index is 2010. The molecule has 8 aliphatic carbocycles. The third-order valence-electron chi connectivity index (χ3n) is 24.4. The van der Waals surface area contributed by atoms with E-state index in [2.05, 4.69) is 73.2 Å². The molecule has 0 amide bonds. The van der Waals surface area contributed by atoms with E-state index in [4.69, 9.17) is 18.3 Å². The number of likely N-dealkylation sites (tertiary alicyclic amines) is 2. The van der Waals surface area contributed by atoms with Crippen LogP contribution in [0.1, 0.15) is 179 Å².